The van der Waals surface area contributed by atoms with E-state index in [0.717, 1.165) is 22.3 Å². The van der Waals surface area contributed by atoms with Gasteiger partial charge in [0.05, 0.1) is 19.2 Å². The molecule has 0 spiro atoms. The first-order valence-electron chi connectivity index (χ1n) is 11.8. The Hall–Kier alpha value is -3.62. The number of nitrogens with zero attached hydrogens (tertiary/aromatic N) is 1. The van der Waals surface area contributed by atoms with Crippen LogP contribution in [-0.4, -0.2) is 50.0 Å². The number of methoxy groups -OCH3 is 1. The average Bonchev–Trinajstić information content (AvgIpc) is 3.18. The van der Waals surface area contributed by atoms with Crippen molar-refractivity contribution in [1.29, 1.82) is 0 Å². The monoisotopic (exact) mass is 487 g/mol. The minimum absolute atomic E-state index is 0.0559. The molecular formula is C28H30BNO6. The SMILES string of the molecule is COC(=O)Cc1c(C)c(B(O)O)c(C)c(N(C)C(=O)OCC2c3ccccc3-c3ccccc32)c1C. The molecule has 7 nitrogen and oxygen atoms in total. The number of hydrogen-bond acceptors (Lipinski definition) is 6. The van der Waals surface area contributed by atoms with E-state index in [2.05, 4.69) is 24.3 Å². The molecule has 0 saturated carbocycles. The molecule has 0 aromatic heterocycles. The average molecular weight is 487 g/mol. The van der Waals surface area contributed by atoms with Gasteiger partial charge in [-0.2, -0.15) is 0 Å². The summed E-state index contributed by atoms with van der Waals surface area (Å²) in [5.74, 6) is -0.544. The highest BCUT2D eigenvalue weighted by molar-refractivity contribution is 6.60. The van der Waals surface area contributed by atoms with Crippen molar-refractivity contribution in [2.75, 3.05) is 25.7 Å². The molecule has 4 rings (SSSR count). The molecular weight excluding hydrogens is 457 g/mol. The number of esters is 1. The summed E-state index contributed by atoms with van der Waals surface area (Å²) in [6.45, 7) is 5.41. The van der Waals surface area contributed by atoms with Gasteiger partial charge >= 0.3 is 19.2 Å². The third-order valence-corrected chi connectivity index (χ3v) is 7.18. The van der Waals surface area contributed by atoms with Crippen LogP contribution in [0.5, 0.6) is 0 Å². The Labute approximate surface area is 211 Å². The Balaban J connectivity index is 1.65. The highest BCUT2D eigenvalue weighted by Crippen LogP contribution is 2.44. The van der Waals surface area contributed by atoms with Crippen LogP contribution in [0.25, 0.3) is 11.1 Å². The van der Waals surface area contributed by atoms with Gasteiger partial charge in [0.25, 0.3) is 0 Å². The predicted molar refractivity (Wildman–Crippen MR) is 140 cm³/mol. The maximum atomic E-state index is 13.3. The molecule has 3 aromatic carbocycles. The highest BCUT2D eigenvalue weighted by atomic mass is 16.6. The number of rotatable bonds is 6. The van der Waals surface area contributed by atoms with Crippen LogP contribution < -0.4 is 10.4 Å². The summed E-state index contributed by atoms with van der Waals surface area (Å²) in [4.78, 5) is 26.7. The van der Waals surface area contributed by atoms with Crippen molar-refractivity contribution in [3.8, 4) is 11.1 Å². The fraction of sp³-hybridized carbons (Fsp3) is 0.286. The quantitative estimate of drug-likeness (QED) is 0.409. The highest BCUT2D eigenvalue weighted by Gasteiger charge is 2.31. The van der Waals surface area contributed by atoms with Crippen LogP contribution in [0.4, 0.5) is 10.5 Å². The van der Waals surface area contributed by atoms with Crippen molar-refractivity contribution >= 4 is 30.3 Å². The molecule has 0 fully saturated rings. The van der Waals surface area contributed by atoms with Crippen LogP contribution in [0.1, 0.15) is 39.3 Å². The van der Waals surface area contributed by atoms with E-state index in [-0.39, 0.29) is 24.4 Å². The van der Waals surface area contributed by atoms with Gasteiger partial charge in [0.2, 0.25) is 0 Å². The number of carbonyl (C=O) groups is 2. The van der Waals surface area contributed by atoms with E-state index in [4.69, 9.17) is 9.47 Å². The summed E-state index contributed by atoms with van der Waals surface area (Å²) >= 11 is 0. The molecule has 1 aliphatic rings. The zero-order chi connectivity index (χ0) is 26.1. The molecule has 186 valence electrons. The summed E-state index contributed by atoms with van der Waals surface area (Å²) in [6.07, 6.45) is -0.631. The van der Waals surface area contributed by atoms with Crippen LogP contribution >= 0.6 is 0 Å². The van der Waals surface area contributed by atoms with Gasteiger partial charge < -0.3 is 19.5 Å². The van der Waals surface area contributed by atoms with Crippen molar-refractivity contribution < 1.29 is 29.1 Å². The van der Waals surface area contributed by atoms with Gasteiger partial charge in [0.15, 0.2) is 0 Å². The molecule has 1 amide bonds. The third-order valence-electron chi connectivity index (χ3n) is 7.18. The lowest BCUT2D eigenvalue weighted by Gasteiger charge is -2.27. The van der Waals surface area contributed by atoms with Gasteiger partial charge in [-0.1, -0.05) is 48.5 Å². The Bertz CT molecular complexity index is 1290. The maximum absolute atomic E-state index is 13.3. The van der Waals surface area contributed by atoms with Crippen molar-refractivity contribution in [2.45, 2.75) is 33.1 Å². The van der Waals surface area contributed by atoms with Gasteiger partial charge in [0.1, 0.15) is 6.61 Å². The molecule has 0 aliphatic heterocycles. The zero-order valence-electron chi connectivity index (χ0n) is 21.2. The molecule has 36 heavy (non-hydrogen) atoms. The number of amides is 1. The minimum Gasteiger partial charge on any atom is -0.469 e. The molecule has 0 heterocycles. The van der Waals surface area contributed by atoms with E-state index >= 15 is 0 Å². The fourth-order valence-corrected chi connectivity index (χ4v) is 5.43. The van der Waals surface area contributed by atoms with E-state index in [9.17, 15) is 19.6 Å². The number of ether oxygens (including phenoxy) is 2. The number of fused-ring (bicyclic) bond motifs is 3. The van der Waals surface area contributed by atoms with Crippen LogP contribution in [-0.2, 0) is 20.7 Å². The van der Waals surface area contributed by atoms with Gasteiger partial charge in [-0.25, -0.2) is 4.79 Å². The second-order valence-electron chi connectivity index (χ2n) is 9.11. The molecule has 0 bridgehead atoms. The topological polar surface area (TPSA) is 96.3 Å². The minimum atomic E-state index is -1.77. The van der Waals surface area contributed by atoms with Gasteiger partial charge in [-0.15, -0.1) is 0 Å². The first kappa shape index (κ1) is 25.5. The normalized spacial score (nSPS) is 12.1. The zero-order valence-corrected chi connectivity index (χ0v) is 21.2. The molecule has 0 radical (unpaired) electrons. The van der Waals surface area contributed by atoms with Gasteiger partial charge in [-0.05, 0) is 70.7 Å². The lowest BCUT2D eigenvalue weighted by atomic mass is 9.71. The van der Waals surface area contributed by atoms with E-state index < -0.39 is 19.2 Å². The van der Waals surface area contributed by atoms with Crippen LogP contribution in [0, 0.1) is 20.8 Å². The van der Waals surface area contributed by atoms with Crippen LogP contribution in [0.15, 0.2) is 48.5 Å². The molecule has 8 heteroatoms. The predicted octanol–water partition coefficient (Wildman–Crippen LogP) is 3.39. The van der Waals surface area contributed by atoms with Crippen LogP contribution in [0.3, 0.4) is 0 Å². The number of anilines is 1. The number of carbonyl (C=O) groups excluding carboxylic acids is 2. The summed E-state index contributed by atoms with van der Waals surface area (Å²) < 4.78 is 10.6. The van der Waals surface area contributed by atoms with Crippen molar-refractivity contribution in [3.05, 3.63) is 81.9 Å². The second-order valence-corrected chi connectivity index (χ2v) is 9.11. The largest absolute Gasteiger partial charge is 0.489 e. The van der Waals surface area contributed by atoms with Crippen molar-refractivity contribution in [2.24, 2.45) is 0 Å². The van der Waals surface area contributed by atoms with E-state index in [1.165, 1.54) is 12.0 Å². The lowest BCUT2D eigenvalue weighted by Crippen LogP contribution is -2.39. The Morgan fingerprint density at radius 2 is 1.47 bits per heavy atom. The molecule has 0 saturated heterocycles. The molecule has 2 N–H and O–H groups in total. The summed E-state index contributed by atoms with van der Waals surface area (Å²) in [5.41, 5.74) is 7.61. The molecule has 1 aliphatic carbocycles. The Kier molecular flexibility index (Phi) is 7.20. The molecule has 0 atom stereocenters. The first-order valence-corrected chi connectivity index (χ1v) is 11.8. The van der Waals surface area contributed by atoms with Gasteiger partial charge in [-0.3, -0.25) is 9.69 Å². The molecule has 0 unspecified atom stereocenters. The van der Waals surface area contributed by atoms with E-state index in [1.807, 2.05) is 24.3 Å². The van der Waals surface area contributed by atoms with Gasteiger partial charge in [0, 0.05) is 13.0 Å². The molecule has 3 aromatic rings. The second kappa shape index (κ2) is 10.2. The number of hydrogen-bond donors (Lipinski definition) is 2. The van der Waals surface area contributed by atoms with Crippen molar-refractivity contribution in [3.63, 3.8) is 0 Å². The summed E-state index contributed by atoms with van der Waals surface area (Å²) in [7, 11) is 1.11. The smallest absolute Gasteiger partial charge is 0.469 e. The summed E-state index contributed by atoms with van der Waals surface area (Å²) in [5, 5.41) is 20.1. The lowest BCUT2D eigenvalue weighted by molar-refractivity contribution is -0.139. The third kappa shape index (κ3) is 4.38. The van der Waals surface area contributed by atoms with E-state index in [1.54, 1.807) is 27.8 Å². The maximum Gasteiger partial charge on any atom is 0.489 e. The van der Waals surface area contributed by atoms with E-state index in [0.29, 0.717) is 27.9 Å². The summed E-state index contributed by atoms with van der Waals surface area (Å²) in [6, 6.07) is 16.2. The Morgan fingerprint density at radius 3 is 2.00 bits per heavy atom. The first-order chi connectivity index (χ1) is 17.2. The Morgan fingerprint density at radius 1 is 0.917 bits per heavy atom. The fourth-order valence-electron chi connectivity index (χ4n) is 5.43. The van der Waals surface area contributed by atoms with Crippen molar-refractivity contribution in [1.82, 2.24) is 0 Å². The standard InChI is InChI=1S/C28H30BNO6/c1-16-23(14-25(31)35-5)17(2)27(18(3)26(16)29(33)34)30(4)28(32)36-15-24-21-12-8-6-10-19(21)20-11-7-9-13-22(20)24/h6-13,24,33-34H,14-15H2,1-5H3. The number of benzene rings is 3. The van der Waals surface area contributed by atoms with Crippen LogP contribution in [0.2, 0.25) is 0 Å².